The molecule has 1 atom stereocenters. The summed E-state index contributed by atoms with van der Waals surface area (Å²) in [5.74, 6) is 1.85. The monoisotopic (exact) mass is 646 g/mol. The zero-order valence-electron chi connectivity index (χ0n) is 26.1. The number of amides is 2. The van der Waals surface area contributed by atoms with E-state index in [-0.39, 0.29) is 36.6 Å². The number of hydrazone groups is 1. The van der Waals surface area contributed by atoms with Crippen LogP contribution in [0.5, 0.6) is 11.5 Å². The molecule has 0 aliphatic carbocycles. The summed E-state index contributed by atoms with van der Waals surface area (Å²) in [6.07, 6.45) is 0.822. The first kappa shape index (κ1) is 31.6. The number of rotatable bonds is 12. The van der Waals surface area contributed by atoms with Crippen molar-refractivity contribution in [1.82, 2.24) is 25.1 Å². The van der Waals surface area contributed by atoms with E-state index >= 15 is 0 Å². The summed E-state index contributed by atoms with van der Waals surface area (Å²) in [7, 11) is 3.25. The molecular weight excluding hydrogens is 613 g/mol. The molecule has 5 aromatic rings. The third-order valence-electron chi connectivity index (χ3n) is 7.78. The van der Waals surface area contributed by atoms with Crippen molar-refractivity contribution in [3.8, 4) is 17.2 Å². The van der Waals surface area contributed by atoms with Gasteiger partial charge in [-0.3, -0.25) is 14.2 Å². The van der Waals surface area contributed by atoms with Crippen molar-refractivity contribution in [3.63, 3.8) is 0 Å². The summed E-state index contributed by atoms with van der Waals surface area (Å²) in [5, 5.41) is 18.7. The number of carbonyl (C=O) groups is 2. The van der Waals surface area contributed by atoms with E-state index < -0.39 is 0 Å². The molecule has 1 N–H and O–H groups in total. The van der Waals surface area contributed by atoms with Crippen LogP contribution in [0, 0.1) is 0 Å². The molecule has 4 aromatic carbocycles. The van der Waals surface area contributed by atoms with Crippen LogP contribution in [0.1, 0.15) is 35.0 Å². The number of nitrogens with one attached hydrogen (secondary N) is 1. The van der Waals surface area contributed by atoms with Gasteiger partial charge in [-0.05, 0) is 65.2 Å². The second-order valence-corrected chi connectivity index (χ2v) is 11.7. The highest BCUT2D eigenvalue weighted by Gasteiger charge is 2.33. The van der Waals surface area contributed by atoms with Crippen molar-refractivity contribution in [2.45, 2.75) is 30.6 Å². The minimum Gasteiger partial charge on any atom is -0.497 e. The molecule has 1 aliphatic rings. The Labute approximate surface area is 277 Å². The van der Waals surface area contributed by atoms with Gasteiger partial charge in [0.25, 0.3) is 5.91 Å². The highest BCUT2D eigenvalue weighted by molar-refractivity contribution is 7.99. The van der Waals surface area contributed by atoms with Crippen LogP contribution in [-0.4, -0.2) is 57.3 Å². The minimum atomic E-state index is -0.284. The molecular formula is C36H34N6O4S. The number of hydrogen-bond donors (Lipinski definition) is 1. The van der Waals surface area contributed by atoms with E-state index in [2.05, 4.69) is 15.5 Å². The summed E-state index contributed by atoms with van der Waals surface area (Å²) >= 11 is 1.28. The maximum Gasteiger partial charge on any atom is 0.253 e. The predicted molar refractivity (Wildman–Crippen MR) is 181 cm³/mol. The Kier molecular flexibility index (Phi) is 9.93. The lowest BCUT2D eigenvalue weighted by molar-refractivity contribution is -0.130. The van der Waals surface area contributed by atoms with Gasteiger partial charge >= 0.3 is 0 Å². The van der Waals surface area contributed by atoms with Crippen LogP contribution in [0.4, 0.5) is 0 Å². The van der Waals surface area contributed by atoms with Crippen molar-refractivity contribution < 1.29 is 19.1 Å². The van der Waals surface area contributed by atoms with Crippen LogP contribution >= 0.6 is 11.8 Å². The quantitative estimate of drug-likeness (QED) is 0.175. The molecule has 2 heterocycles. The lowest BCUT2D eigenvalue weighted by atomic mass is 9.98. The van der Waals surface area contributed by atoms with E-state index in [9.17, 15) is 9.59 Å². The average Bonchev–Trinajstić information content (AvgIpc) is 3.76. The number of aromatic nitrogens is 3. The number of thioether (sulfide) groups is 1. The van der Waals surface area contributed by atoms with Gasteiger partial charge < -0.3 is 14.8 Å². The number of benzene rings is 4. The second-order valence-electron chi connectivity index (χ2n) is 10.8. The molecule has 0 unspecified atom stereocenters. The van der Waals surface area contributed by atoms with Crippen LogP contribution < -0.4 is 14.8 Å². The van der Waals surface area contributed by atoms with Crippen LogP contribution in [0.3, 0.4) is 0 Å². The van der Waals surface area contributed by atoms with Gasteiger partial charge in [0.2, 0.25) is 5.91 Å². The Morgan fingerprint density at radius 1 is 0.830 bits per heavy atom. The van der Waals surface area contributed by atoms with Gasteiger partial charge in [-0.25, -0.2) is 5.01 Å². The van der Waals surface area contributed by atoms with E-state index in [1.54, 1.807) is 19.2 Å². The molecule has 1 aliphatic heterocycles. The highest BCUT2D eigenvalue weighted by Crippen LogP contribution is 2.35. The summed E-state index contributed by atoms with van der Waals surface area (Å²) in [5.41, 5.74) is 4.45. The van der Waals surface area contributed by atoms with Crippen molar-refractivity contribution in [2.75, 3.05) is 20.0 Å². The predicted octanol–water partition coefficient (Wildman–Crippen LogP) is 5.61. The molecule has 11 heteroatoms. The third kappa shape index (κ3) is 7.53. The maximum atomic E-state index is 13.9. The molecule has 0 saturated carbocycles. The van der Waals surface area contributed by atoms with Crippen LogP contribution in [0.25, 0.3) is 5.69 Å². The van der Waals surface area contributed by atoms with Crippen LogP contribution in [0.15, 0.2) is 119 Å². The Morgan fingerprint density at radius 3 is 2.13 bits per heavy atom. The summed E-state index contributed by atoms with van der Waals surface area (Å²) in [6, 6.07) is 34.3. The third-order valence-corrected chi connectivity index (χ3v) is 8.69. The fourth-order valence-electron chi connectivity index (χ4n) is 5.34. The maximum absolute atomic E-state index is 13.9. The van der Waals surface area contributed by atoms with E-state index in [1.807, 2.05) is 114 Å². The molecule has 0 bridgehead atoms. The summed E-state index contributed by atoms with van der Waals surface area (Å²) < 4.78 is 12.5. The number of hydrogen-bond acceptors (Lipinski definition) is 8. The molecule has 2 amide bonds. The minimum absolute atomic E-state index is 0.0807. The van der Waals surface area contributed by atoms with Gasteiger partial charge in [0, 0.05) is 12.1 Å². The lowest BCUT2D eigenvalue weighted by Gasteiger charge is -2.22. The van der Waals surface area contributed by atoms with Gasteiger partial charge in [0.1, 0.15) is 11.5 Å². The second kappa shape index (κ2) is 14.8. The number of methoxy groups -OCH3 is 2. The SMILES string of the molecule is COc1ccc(C2=NN(C(=O)CSc3nnc(CNC(=O)Cc4ccccc4)n3-c3ccccc3)[C@@H](c3ccc(OC)cc3)C2)cc1. The normalized spacial score (nSPS) is 14.0. The Balaban J connectivity index is 1.21. The van der Waals surface area contributed by atoms with Crippen molar-refractivity contribution >= 4 is 29.3 Å². The Hall–Kier alpha value is -5.42. The lowest BCUT2D eigenvalue weighted by Crippen LogP contribution is -2.28. The fraction of sp³-hybridized carbons (Fsp3) is 0.194. The topological polar surface area (TPSA) is 111 Å². The Bertz CT molecular complexity index is 1840. The van der Waals surface area contributed by atoms with E-state index in [1.165, 1.54) is 11.8 Å². The largest absolute Gasteiger partial charge is 0.497 e. The van der Waals surface area contributed by atoms with Gasteiger partial charge in [0.05, 0.1) is 44.7 Å². The molecule has 10 nitrogen and oxygen atoms in total. The van der Waals surface area contributed by atoms with Gasteiger partial charge in [0.15, 0.2) is 11.0 Å². The highest BCUT2D eigenvalue weighted by atomic mass is 32.2. The summed E-state index contributed by atoms with van der Waals surface area (Å²) in [4.78, 5) is 26.6. The van der Waals surface area contributed by atoms with E-state index in [0.717, 1.165) is 39.6 Å². The number of ether oxygens (including phenoxy) is 2. The molecule has 47 heavy (non-hydrogen) atoms. The van der Waals surface area contributed by atoms with Crippen molar-refractivity contribution in [1.29, 1.82) is 0 Å². The fourth-order valence-corrected chi connectivity index (χ4v) is 6.17. The smallest absolute Gasteiger partial charge is 0.253 e. The Morgan fingerprint density at radius 2 is 1.47 bits per heavy atom. The standard InChI is InChI=1S/C36H34N6O4S/c1-45-29-17-13-26(14-18-29)31-22-32(27-15-19-30(46-2)20-16-27)42(40-31)35(44)24-47-36-39-38-33(41(36)28-11-7-4-8-12-28)23-37-34(43)21-25-9-5-3-6-10-25/h3-20,32H,21-24H2,1-2H3,(H,37,43)/t32-/m1/s1. The van der Waals surface area contributed by atoms with Gasteiger partial charge in [-0.1, -0.05) is 72.4 Å². The first-order chi connectivity index (χ1) is 23.0. The number of para-hydroxylation sites is 1. The summed E-state index contributed by atoms with van der Waals surface area (Å²) in [6.45, 7) is 0.184. The zero-order chi connectivity index (χ0) is 32.6. The molecule has 0 fully saturated rings. The van der Waals surface area contributed by atoms with E-state index in [0.29, 0.717) is 17.4 Å². The molecule has 0 saturated heterocycles. The van der Waals surface area contributed by atoms with Crippen LogP contribution in [0.2, 0.25) is 0 Å². The molecule has 6 rings (SSSR count). The first-order valence-electron chi connectivity index (χ1n) is 15.1. The number of carbonyl (C=O) groups excluding carboxylic acids is 2. The molecule has 0 radical (unpaired) electrons. The number of nitrogens with zero attached hydrogens (tertiary/aromatic N) is 5. The average molecular weight is 647 g/mol. The van der Waals surface area contributed by atoms with Gasteiger partial charge in [-0.15, -0.1) is 10.2 Å². The van der Waals surface area contributed by atoms with Crippen LogP contribution in [-0.2, 0) is 22.6 Å². The molecule has 238 valence electrons. The van der Waals surface area contributed by atoms with Crippen molar-refractivity contribution in [3.05, 3.63) is 132 Å². The first-order valence-corrected chi connectivity index (χ1v) is 16.1. The van der Waals surface area contributed by atoms with Gasteiger partial charge in [-0.2, -0.15) is 5.10 Å². The van der Waals surface area contributed by atoms with E-state index in [4.69, 9.17) is 14.6 Å². The molecule has 0 spiro atoms. The molecule has 1 aromatic heterocycles. The van der Waals surface area contributed by atoms with Crippen molar-refractivity contribution in [2.24, 2.45) is 5.10 Å². The zero-order valence-corrected chi connectivity index (χ0v) is 26.9.